The zero-order chi connectivity index (χ0) is 15.9. The summed E-state index contributed by atoms with van der Waals surface area (Å²) in [7, 11) is 3.48. The van der Waals surface area contributed by atoms with Crippen LogP contribution >= 0.6 is 0 Å². The monoisotopic (exact) mass is 306 g/mol. The average Bonchev–Trinajstić information content (AvgIpc) is 2.78. The second kappa shape index (κ2) is 7.98. The summed E-state index contributed by atoms with van der Waals surface area (Å²) in [4.78, 5) is 25.5. The van der Waals surface area contributed by atoms with Gasteiger partial charge in [0.2, 0.25) is 0 Å². The molecule has 2 rings (SSSR count). The molecule has 6 heteroatoms. The Morgan fingerprint density at radius 3 is 2.41 bits per heavy atom. The van der Waals surface area contributed by atoms with E-state index in [1.807, 2.05) is 19.3 Å². The molecule has 1 aromatic heterocycles. The number of likely N-dealkylation sites (N-methyl/N-ethyl adjacent to an activating group) is 1. The van der Waals surface area contributed by atoms with Gasteiger partial charge in [-0.05, 0) is 38.1 Å². The Balaban J connectivity index is 2.09. The number of likely N-dealkylation sites (tertiary alicyclic amines) is 1. The van der Waals surface area contributed by atoms with Gasteiger partial charge in [-0.2, -0.15) is 0 Å². The van der Waals surface area contributed by atoms with E-state index in [0.717, 1.165) is 13.1 Å². The van der Waals surface area contributed by atoms with E-state index in [1.54, 1.807) is 0 Å². The van der Waals surface area contributed by atoms with Gasteiger partial charge < -0.3 is 15.2 Å². The van der Waals surface area contributed by atoms with Crippen molar-refractivity contribution in [1.82, 2.24) is 20.1 Å². The Bertz CT molecular complexity index is 504. The molecule has 1 atom stereocenters. The van der Waals surface area contributed by atoms with Gasteiger partial charge in [0.15, 0.2) is 0 Å². The quantitative estimate of drug-likeness (QED) is 0.809. The number of amides is 2. The summed E-state index contributed by atoms with van der Waals surface area (Å²) in [6.45, 7) is 2.52. The number of rotatable bonds is 4. The lowest BCUT2D eigenvalue weighted by atomic mass is 10.1. The molecule has 2 heterocycles. The van der Waals surface area contributed by atoms with Gasteiger partial charge in [-0.1, -0.05) is 12.8 Å². The normalized spacial score (nSPS) is 17.5. The van der Waals surface area contributed by atoms with E-state index in [-0.39, 0.29) is 6.04 Å². The van der Waals surface area contributed by atoms with Crippen LogP contribution in [0.4, 0.5) is 0 Å². The Morgan fingerprint density at radius 2 is 1.86 bits per heavy atom. The number of aryl methyl sites for hydroxylation is 1. The summed E-state index contributed by atoms with van der Waals surface area (Å²) in [5, 5.41) is 5.12. The number of carbonyl (C=O) groups excluding carboxylic acids is 2. The van der Waals surface area contributed by atoms with Crippen molar-refractivity contribution in [1.29, 1.82) is 0 Å². The van der Waals surface area contributed by atoms with Crippen LogP contribution in [-0.2, 0) is 16.6 Å². The second-order valence-electron chi connectivity index (χ2n) is 5.80. The Morgan fingerprint density at radius 1 is 1.18 bits per heavy atom. The fraction of sp³-hybridized carbons (Fsp3) is 0.625. The molecule has 0 saturated carbocycles. The smallest absolute Gasteiger partial charge is 0.309 e. The third-order valence-corrected chi connectivity index (χ3v) is 4.30. The van der Waals surface area contributed by atoms with Crippen LogP contribution in [0.3, 0.4) is 0 Å². The fourth-order valence-corrected chi connectivity index (χ4v) is 3.03. The van der Waals surface area contributed by atoms with Crippen molar-refractivity contribution in [3.05, 3.63) is 24.0 Å². The fourth-order valence-electron chi connectivity index (χ4n) is 3.03. The second-order valence-corrected chi connectivity index (χ2v) is 5.80. The molecule has 2 amide bonds. The maximum Gasteiger partial charge on any atom is 0.309 e. The van der Waals surface area contributed by atoms with E-state index in [1.165, 1.54) is 38.4 Å². The van der Waals surface area contributed by atoms with Crippen molar-refractivity contribution in [3.8, 4) is 0 Å². The first-order valence-corrected chi connectivity index (χ1v) is 7.98. The average molecular weight is 306 g/mol. The molecule has 0 spiro atoms. The number of nitrogens with zero attached hydrogens (tertiary/aromatic N) is 2. The van der Waals surface area contributed by atoms with Crippen molar-refractivity contribution in [2.24, 2.45) is 7.05 Å². The van der Waals surface area contributed by atoms with Gasteiger partial charge in [0.25, 0.3) is 0 Å². The number of nitrogens with one attached hydrogen (secondary N) is 2. The summed E-state index contributed by atoms with van der Waals surface area (Å²) in [5.74, 6) is -1.17. The molecule has 2 N–H and O–H groups in total. The summed E-state index contributed by atoms with van der Waals surface area (Å²) in [5.41, 5.74) is 1.17. The summed E-state index contributed by atoms with van der Waals surface area (Å²) < 4.78 is 2.08. The SMILES string of the molecule is CNC(=O)C(=O)NC[C@@H](c1cccn1C)N1CCCCCC1. The van der Waals surface area contributed by atoms with Crippen LogP contribution < -0.4 is 10.6 Å². The van der Waals surface area contributed by atoms with Crippen LogP contribution in [0.15, 0.2) is 18.3 Å². The molecule has 0 bridgehead atoms. The highest BCUT2D eigenvalue weighted by Gasteiger charge is 2.24. The predicted octanol–water partition coefficient (Wildman–Crippen LogP) is 0.804. The van der Waals surface area contributed by atoms with Gasteiger partial charge in [0.05, 0.1) is 6.04 Å². The topological polar surface area (TPSA) is 66.4 Å². The highest BCUT2D eigenvalue weighted by molar-refractivity contribution is 6.35. The van der Waals surface area contributed by atoms with Crippen molar-refractivity contribution in [2.45, 2.75) is 31.7 Å². The molecule has 122 valence electrons. The van der Waals surface area contributed by atoms with Gasteiger partial charge in [-0.25, -0.2) is 0 Å². The lowest BCUT2D eigenvalue weighted by Gasteiger charge is -2.31. The predicted molar refractivity (Wildman–Crippen MR) is 85.3 cm³/mol. The van der Waals surface area contributed by atoms with Crippen LogP contribution in [0, 0.1) is 0 Å². The van der Waals surface area contributed by atoms with Crippen LogP contribution in [0.5, 0.6) is 0 Å². The lowest BCUT2D eigenvalue weighted by Crippen LogP contribution is -2.44. The summed E-state index contributed by atoms with van der Waals surface area (Å²) in [6.07, 6.45) is 6.91. The molecule has 0 aromatic carbocycles. The van der Waals surface area contributed by atoms with Gasteiger partial charge >= 0.3 is 11.8 Å². The lowest BCUT2D eigenvalue weighted by molar-refractivity contribution is -0.139. The molecule has 1 fully saturated rings. The molecular weight excluding hydrogens is 280 g/mol. The van der Waals surface area contributed by atoms with Crippen molar-refractivity contribution >= 4 is 11.8 Å². The molecular formula is C16H26N4O2. The summed E-state index contributed by atoms with van der Waals surface area (Å²) >= 11 is 0. The largest absolute Gasteiger partial charge is 0.353 e. The van der Waals surface area contributed by atoms with Gasteiger partial charge in [0, 0.05) is 32.5 Å². The van der Waals surface area contributed by atoms with Gasteiger partial charge in [-0.15, -0.1) is 0 Å². The molecule has 6 nitrogen and oxygen atoms in total. The van der Waals surface area contributed by atoms with Crippen LogP contribution in [0.25, 0.3) is 0 Å². The van der Waals surface area contributed by atoms with Crippen LogP contribution in [-0.4, -0.2) is 48.0 Å². The Hall–Kier alpha value is -1.82. The Labute approximate surface area is 131 Å². The first kappa shape index (κ1) is 16.5. The molecule has 0 aliphatic carbocycles. The van der Waals surface area contributed by atoms with E-state index in [4.69, 9.17) is 0 Å². The first-order chi connectivity index (χ1) is 10.6. The molecule has 1 saturated heterocycles. The third kappa shape index (κ3) is 4.10. The van der Waals surface area contributed by atoms with Crippen LogP contribution in [0.2, 0.25) is 0 Å². The number of aromatic nitrogens is 1. The van der Waals surface area contributed by atoms with Crippen molar-refractivity contribution < 1.29 is 9.59 Å². The molecule has 0 radical (unpaired) electrons. The third-order valence-electron chi connectivity index (χ3n) is 4.30. The van der Waals surface area contributed by atoms with E-state index in [9.17, 15) is 9.59 Å². The molecule has 1 aliphatic heterocycles. The van der Waals surface area contributed by atoms with Crippen molar-refractivity contribution in [3.63, 3.8) is 0 Å². The maximum absolute atomic E-state index is 11.7. The highest BCUT2D eigenvalue weighted by Crippen LogP contribution is 2.23. The summed E-state index contributed by atoms with van der Waals surface area (Å²) in [6, 6.07) is 4.20. The minimum Gasteiger partial charge on any atom is -0.353 e. The zero-order valence-corrected chi connectivity index (χ0v) is 13.5. The number of carbonyl (C=O) groups is 2. The van der Waals surface area contributed by atoms with Gasteiger partial charge in [-0.3, -0.25) is 14.5 Å². The highest BCUT2D eigenvalue weighted by atomic mass is 16.2. The minimum absolute atomic E-state index is 0.103. The van der Waals surface area contributed by atoms with Crippen LogP contribution in [0.1, 0.15) is 37.4 Å². The van der Waals surface area contributed by atoms with Crippen molar-refractivity contribution in [2.75, 3.05) is 26.7 Å². The molecule has 22 heavy (non-hydrogen) atoms. The molecule has 1 aliphatic rings. The first-order valence-electron chi connectivity index (χ1n) is 7.98. The van der Waals surface area contributed by atoms with Gasteiger partial charge in [0.1, 0.15) is 0 Å². The molecule has 1 aromatic rings. The molecule has 0 unspecified atom stereocenters. The minimum atomic E-state index is -0.596. The number of hydrogen-bond donors (Lipinski definition) is 2. The van der Waals surface area contributed by atoms with E-state index in [0.29, 0.717) is 6.54 Å². The standard InChI is InChI=1S/C16H26N4O2/c1-17-15(21)16(22)18-12-14(13-8-7-9-19(13)2)20-10-5-3-4-6-11-20/h7-9,14H,3-6,10-12H2,1-2H3,(H,17,21)(H,18,22)/t14-/m0/s1. The maximum atomic E-state index is 11.7. The van der Waals surface area contributed by atoms with E-state index >= 15 is 0 Å². The number of hydrogen-bond acceptors (Lipinski definition) is 3. The zero-order valence-electron chi connectivity index (χ0n) is 13.5. The van der Waals surface area contributed by atoms with E-state index in [2.05, 4.69) is 26.2 Å². The Kier molecular flexibility index (Phi) is 6.00. The van der Waals surface area contributed by atoms with E-state index < -0.39 is 11.8 Å².